The second-order valence-electron chi connectivity index (χ2n) is 2.70. The molecule has 7 heteroatoms. The van der Waals surface area contributed by atoms with Crippen LogP contribution in [0.4, 0.5) is 0 Å². The minimum absolute atomic E-state index is 0.729. The van der Waals surface area contributed by atoms with Gasteiger partial charge in [-0.3, -0.25) is 4.79 Å². The summed E-state index contributed by atoms with van der Waals surface area (Å²) >= 11 is 0. The lowest BCUT2D eigenvalue weighted by molar-refractivity contribution is -0.224. The summed E-state index contributed by atoms with van der Waals surface area (Å²) in [6.07, 6.45) is -4.13. The lowest BCUT2D eigenvalue weighted by Gasteiger charge is -2.34. The molecule has 76 valence electrons. The molecular weight excluding hydrogens is 180 g/mol. The zero-order chi connectivity index (χ0) is 10.0. The van der Waals surface area contributed by atoms with Crippen molar-refractivity contribution in [2.45, 2.75) is 24.7 Å². The lowest BCUT2D eigenvalue weighted by Crippen LogP contribution is -2.62. The number of aliphatic hydroxyl groups excluding tert-OH is 2. The smallest absolute Gasteiger partial charge is 0.208 e. The van der Waals surface area contributed by atoms with Gasteiger partial charge in [-0.15, -0.1) is 0 Å². The number of nitrogens with one attached hydrogen (secondary N) is 2. The Morgan fingerprint density at radius 1 is 1.46 bits per heavy atom. The monoisotopic (exact) mass is 192 g/mol. The molecule has 1 saturated heterocycles. The van der Waals surface area contributed by atoms with Gasteiger partial charge < -0.3 is 25.5 Å². The van der Waals surface area contributed by atoms with Gasteiger partial charge in [-0.1, -0.05) is 0 Å². The number of aliphatic hydroxyl groups is 2. The Labute approximate surface area is 74.3 Å². The average Bonchev–Trinajstić information content (AvgIpc) is 2.12. The first-order valence-corrected chi connectivity index (χ1v) is 3.74. The molecule has 4 atom stereocenters. The lowest BCUT2D eigenvalue weighted by atomic mass is 10.0. The van der Waals surface area contributed by atoms with Crippen LogP contribution in [0.5, 0.6) is 0 Å². The molecule has 0 radical (unpaired) electrons. The van der Waals surface area contributed by atoms with Crippen LogP contribution in [0.1, 0.15) is 0 Å². The number of carbonyl (C=O) groups excluding carboxylic acids is 1. The molecular formula is C6H12N2O5. The first-order chi connectivity index (χ1) is 6.11. The summed E-state index contributed by atoms with van der Waals surface area (Å²) < 4.78 is 4.64. The predicted octanol–water partition coefficient (Wildman–Crippen LogP) is -2.84. The van der Waals surface area contributed by atoms with Crippen LogP contribution in [0.2, 0.25) is 0 Å². The average molecular weight is 192 g/mol. The van der Waals surface area contributed by atoms with Crippen molar-refractivity contribution in [1.29, 1.82) is 0 Å². The fourth-order valence-electron chi connectivity index (χ4n) is 1.17. The third-order valence-corrected chi connectivity index (χ3v) is 1.92. The summed E-state index contributed by atoms with van der Waals surface area (Å²) in [5.41, 5.74) is 1.54. The van der Waals surface area contributed by atoms with E-state index in [4.69, 9.17) is 5.21 Å². The molecule has 1 heterocycles. The molecule has 1 rings (SSSR count). The van der Waals surface area contributed by atoms with Crippen molar-refractivity contribution in [2.75, 3.05) is 7.05 Å². The van der Waals surface area contributed by atoms with Crippen molar-refractivity contribution in [3.05, 3.63) is 0 Å². The van der Waals surface area contributed by atoms with Crippen molar-refractivity contribution in [3.63, 3.8) is 0 Å². The summed E-state index contributed by atoms with van der Waals surface area (Å²) in [6.45, 7) is 0. The normalized spacial score (nSPS) is 40.8. The van der Waals surface area contributed by atoms with Crippen LogP contribution < -0.4 is 10.8 Å². The number of hydroxylamine groups is 1. The van der Waals surface area contributed by atoms with Crippen molar-refractivity contribution in [3.8, 4) is 0 Å². The number of ether oxygens (including phenoxy) is 1. The molecule has 7 nitrogen and oxygen atoms in total. The zero-order valence-corrected chi connectivity index (χ0v) is 6.97. The van der Waals surface area contributed by atoms with Crippen LogP contribution >= 0.6 is 0 Å². The van der Waals surface area contributed by atoms with Gasteiger partial charge >= 0.3 is 0 Å². The van der Waals surface area contributed by atoms with Crippen molar-refractivity contribution in [1.82, 2.24) is 10.8 Å². The van der Waals surface area contributed by atoms with E-state index in [9.17, 15) is 15.0 Å². The van der Waals surface area contributed by atoms with Gasteiger partial charge in [0.2, 0.25) is 5.78 Å². The fraction of sp³-hybridized carbons (Fsp3) is 0.833. The fourth-order valence-corrected chi connectivity index (χ4v) is 1.17. The number of carbonyl (C=O) groups is 1. The molecule has 0 aromatic rings. The first kappa shape index (κ1) is 10.5. The standard InChI is InChI=1S/C6H12N2O5/c1-7-2-3(9)4(10)5(8-12)13-6(2)11/h2-3,5-9,11-12H,1H3. The molecule has 0 aliphatic carbocycles. The molecule has 0 saturated carbocycles. The molecule has 0 bridgehead atoms. The van der Waals surface area contributed by atoms with E-state index < -0.39 is 30.4 Å². The minimum atomic E-state index is -1.40. The van der Waals surface area contributed by atoms with E-state index in [0.29, 0.717) is 0 Å². The summed E-state index contributed by atoms with van der Waals surface area (Å²) in [5.74, 6) is -0.729. The molecule has 0 spiro atoms. The molecule has 5 N–H and O–H groups in total. The Kier molecular flexibility index (Phi) is 3.31. The van der Waals surface area contributed by atoms with Gasteiger partial charge in [-0.25, -0.2) is 0 Å². The Bertz CT molecular complexity index is 199. The highest BCUT2D eigenvalue weighted by molar-refractivity contribution is 5.88. The van der Waals surface area contributed by atoms with Gasteiger partial charge in [0.05, 0.1) is 6.04 Å². The third-order valence-electron chi connectivity index (χ3n) is 1.92. The summed E-state index contributed by atoms with van der Waals surface area (Å²) in [6, 6.07) is -0.878. The highest BCUT2D eigenvalue weighted by atomic mass is 16.7. The second kappa shape index (κ2) is 4.09. The van der Waals surface area contributed by atoms with Crippen LogP contribution in [-0.2, 0) is 9.53 Å². The number of hydrogen-bond acceptors (Lipinski definition) is 7. The van der Waals surface area contributed by atoms with Crippen molar-refractivity contribution in [2.24, 2.45) is 0 Å². The maximum absolute atomic E-state index is 11.1. The Balaban J connectivity index is 2.72. The third kappa shape index (κ3) is 1.85. The van der Waals surface area contributed by atoms with Gasteiger partial charge in [0.25, 0.3) is 0 Å². The molecule has 13 heavy (non-hydrogen) atoms. The highest BCUT2D eigenvalue weighted by Gasteiger charge is 2.42. The van der Waals surface area contributed by atoms with E-state index in [1.165, 1.54) is 12.5 Å². The van der Waals surface area contributed by atoms with Crippen molar-refractivity contribution < 1.29 is 25.0 Å². The van der Waals surface area contributed by atoms with Gasteiger partial charge in [0.15, 0.2) is 12.5 Å². The Morgan fingerprint density at radius 3 is 2.54 bits per heavy atom. The van der Waals surface area contributed by atoms with E-state index in [-0.39, 0.29) is 0 Å². The van der Waals surface area contributed by atoms with Gasteiger partial charge in [-0.05, 0) is 7.05 Å². The van der Waals surface area contributed by atoms with Crippen LogP contribution in [0.15, 0.2) is 0 Å². The Hall–Kier alpha value is -0.570. The molecule has 0 aromatic heterocycles. The number of ketones is 1. The number of hydrogen-bond donors (Lipinski definition) is 5. The summed E-state index contributed by atoms with van der Waals surface area (Å²) in [4.78, 5) is 11.1. The van der Waals surface area contributed by atoms with Crippen LogP contribution in [0.25, 0.3) is 0 Å². The molecule has 1 aliphatic heterocycles. The maximum Gasteiger partial charge on any atom is 0.208 e. The first-order valence-electron chi connectivity index (χ1n) is 3.74. The van der Waals surface area contributed by atoms with Gasteiger partial charge in [-0.2, -0.15) is 5.48 Å². The summed E-state index contributed by atoms with van der Waals surface area (Å²) in [5, 5.41) is 29.5. The maximum atomic E-state index is 11.1. The molecule has 0 aromatic carbocycles. The Morgan fingerprint density at radius 2 is 2.08 bits per heavy atom. The highest BCUT2D eigenvalue weighted by Crippen LogP contribution is 2.13. The minimum Gasteiger partial charge on any atom is -0.383 e. The molecule has 1 aliphatic rings. The van der Waals surface area contributed by atoms with Gasteiger partial charge in [0, 0.05) is 0 Å². The van der Waals surface area contributed by atoms with E-state index in [1.807, 2.05) is 0 Å². The van der Waals surface area contributed by atoms with E-state index in [2.05, 4.69) is 10.1 Å². The van der Waals surface area contributed by atoms with Gasteiger partial charge in [0.1, 0.15) is 6.10 Å². The molecule has 0 amide bonds. The second-order valence-corrected chi connectivity index (χ2v) is 2.70. The zero-order valence-electron chi connectivity index (χ0n) is 6.97. The number of likely N-dealkylation sites (N-methyl/N-ethyl adjacent to an activating group) is 1. The number of Topliss-reactive ketones (excluding diaryl/α,β-unsaturated/α-hetero) is 1. The largest absolute Gasteiger partial charge is 0.383 e. The number of rotatable bonds is 2. The quantitative estimate of drug-likeness (QED) is 0.300. The van der Waals surface area contributed by atoms with E-state index >= 15 is 0 Å². The predicted molar refractivity (Wildman–Crippen MR) is 39.7 cm³/mol. The van der Waals surface area contributed by atoms with E-state index in [1.54, 1.807) is 0 Å². The topological polar surface area (TPSA) is 111 Å². The molecule has 4 unspecified atom stereocenters. The van der Waals surface area contributed by atoms with Crippen LogP contribution in [0.3, 0.4) is 0 Å². The SMILES string of the molecule is CNC1C(O)OC(NO)C(=O)C1O. The molecule has 1 fully saturated rings. The van der Waals surface area contributed by atoms with Crippen LogP contribution in [0, 0.1) is 0 Å². The van der Waals surface area contributed by atoms with Crippen LogP contribution in [-0.4, -0.2) is 52.9 Å². The van der Waals surface area contributed by atoms with Crippen molar-refractivity contribution >= 4 is 5.78 Å². The summed E-state index contributed by atoms with van der Waals surface area (Å²) in [7, 11) is 1.47. The van der Waals surface area contributed by atoms with E-state index in [0.717, 1.165) is 0 Å².